The fourth-order valence-electron chi connectivity index (χ4n) is 2.59. The Labute approximate surface area is 132 Å². The highest BCUT2D eigenvalue weighted by Crippen LogP contribution is 2.34. The molecule has 3 heteroatoms. The number of benzene rings is 1. The van der Waals surface area contributed by atoms with Gasteiger partial charge in [-0.25, -0.2) is 0 Å². The summed E-state index contributed by atoms with van der Waals surface area (Å²) >= 11 is 1.90. The summed E-state index contributed by atoms with van der Waals surface area (Å²) < 4.78 is 5.22. The molecule has 0 fully saturated rings. The first kappa shape index (κ1) is 16.2. The molecule has 1 aromatic carbocycles. The molecule has 0 aliphatic heterocycles. The molecule has 2 rings (SSSR count). The maximum atomic E-state index is 5.22. The van der Waals surface area contributed by atoms with E-state index in [0.29, 0.717) is 6.04 Å². The van der Waals surface area contributed by atoms with Crippen LogP contribution >= 0.6 is 11.3 Å². The maximum absolute atomic E-state index is 5.22. The summed E-state index contributed by atoms with van der Waals surface area (Å²) in [7, 11) is 3.81. The Bertz CT molecular complexity index is 550. The predicted molar refractivity (Wildman–Crippen MR) is 92.0 cm³/mol. The van der Waals surface area contributed by atoms with E-state index in [9.17, 15) is 0 Å². The lowest BCUT2D eigenvalue weighted by Gasteiger charge is -2.13. The molecule has 0 spiro atoms. The van der Waals surface area contributed by atoms with Crippen LogP contribution in [0.25, 0.3) is 10.4 Å². The van der Waals surface area contributed by atoms with Crippen LogP contribution in [0.5, 0.6) is 0 Å². The van der Waals surface area contributed by atoms with Crippen LogP contribution in [0.2, 0.25) is 0 Å². The summed E-state index contributed by atoms with van der Waals surface area (Å²) in [6.45, 7) is 3.00. The van der Waals surface area contributed by atoms with Crippen LogP contribution in [-0.2, 0) is 11.2 Å². The second kappa shape index (κ2) is 8.32. The van der Waals surface area contributed by atoms with E-state index in [1.165, 1.54) is 33.7 Å². The van der Waals surface area contributed by atoms with E-state index < -0.39 is 0 Å². The summed E-state index contributed by atoms with van der Waals surface area (Å²) in [6.07, 6.45) is 3.34. The van der Waals surface area contributed by atoms with E-state index in [1.54, 1.807) is 7.11 Å². The van der Waals surface area contributed by atoms with Gasteiger partial charge in [-0.3, -0.25) is 0 Å². The van der Waals surface area contributed by atoms with Crippen LogP contribution in [0, 0.1) is 0 Å². The number of thiophene rings is 1. The minimum atomic E-state index is 0.472. The van der Waals surface area contributed by atoms with Gasteiger partial charge < -0.3 is 10.1 Å². The van der Waals surface area contributed by atoms with Crippen LogP contribution in [0.1, 0.15) is 36.2 Å². The molecule has 1 atom stereocenters. The Kier molecular flexibility index (Phi) is 6.43. The molecule has 1 unspecified atom stereocenters. The van der Waals surface area contributed by atoms with Gasteiger partial charge >= 0.3 is 0 Å². The zero-order chi connectivity index (χ0) is 15.1. The molecule has 0 saturated heterocycles. The fraction of sp³-hybridized carbons (Fsp3) is 0.444. The molecule has 0 radical (unpaired) electrons. The van der Waals surface area contributed by atoms with Crippen molar-refractivity contribution in [2.75, 3.05) is 20.8 Å². The Balaban J connectivity index is 2.24. The van der Waals surface area contributed by atoms with Gasteiger partial charge in [0, 0.05) is 22.9 Å². The maximum Gasteiger partial charge on any atom is 0.0502 e. The predicted octanol–water partition coefficient (Wildman–Crippen LogP) is 4.66. The minimum Gasteiger partial charge on any atom is -0.384 e. The second-order valence-corrected chi connectivity index (χ2v) is 6.35. The monoisotopic (exact) mass is 303 g/mol. The van der Waals surface area contributed by atoms with Crippen molar-refractivity contribution >= 4 is 11.3 Å². The highest BCUT2D eigenvalue weighted by Gasteiger charge is 2.13. The van der Waals surface area contributed by atoms with Crippen LogP contribution < -0.4 is 5.32 Å². The molecule has 1 aromatic heterocycles. The third-order valence-electron chi connectivity index (χ3n) is 3.75. The van der Waals surface area contributed by atoms with Gasteiger partial charge in [0.25, 0.3) is 0 Å². The fourth-order valence-corrected chi connectivity index (χ4v) is 3.81. The molecule has 2 nitrogen and oxygen atoms in total. The SMILES string of the molecule is CCCC(NC)c1ccc(-c2ccccc2CCOC)s1. The van der Waals surface area contributed by atoms with Crippen LogP contribution in [0.3, 0.4) is 0 Å². The Morgan fingerprint density at radius 3 is 2.71 bits per heavy atom. The van der Waals surface area contributed by atoms with E-state index in [-0.39, 0.29) is 0 Å². The molecule has 0 bridgehead atoms. The summed E-state index contributed by atoms with van der Waals surface area (Å²) in [5, 5.41) is 3.42. The van der Waals surface area contributed by atoms with E-state index in [4.69, 9.17) is 4.74 Å². The molecule has 2 aromatic rings. The quantitative estimate of drug-likeness (QED) is 0.765. The topological polar surface area (TPSA) is 21.3 Å². The van der Waals surface area contributed by atoms with Gasteiger partial charge in [-0.15, -0.1) is 11.3 Å². The lowest BCUT2D eigenvalue weighted by atomic mass is 10.0. The Morgan fingerprint density at radius 2 is 2.00 bits per heavy atom. The highest BCUT2D eigenvalue weighted by molar-refractivity contribution is 7.15. The van der Waals surface area contributed by atoms with Gasteiger partial charge in [-0.1, -0.05) is 37.6 Å². The molecule has 0 saturated carbocycles. The Morgan fingerprint density at radius 1 is 1.19 bits per heavy atom. The zero-order valence-electron chi connectivity index (χ0n) is 13.2. The molecule has 21 heavy (non-hydrogen) atoms. The van der Waals surface area contributed by atoms with Crippen molar-refractivity contribution in [1.82, 2.24) is 5.32 Å². The highest BCUT2D eigenvalue weighted by atomic mass is 32.1. The van der Waals surface area contributed by atoms with Gasteiger partial charge in [-0.2, -0.15) is 0 Å². The third-order valence-corrected chi connectivity index (χ3v) is 4.99. The third kappa shape index (κ3) is 4.16. The van der Waals surface area contributed by atoms with Gasteiger partial charge in [0.15, 0.2) is 0 Å². The van der Waals surface area contributed by atoms with Gasteiger partial charge in [0.1, 0.15) is 0 Å². The molecular weight excluding hydrogens is 278 g/mol. The van der Waals surface area contributed by atoms with E-state index in [0.717, 1.165) is 13.0 Å². The summed E-state index contributed by atoms with van der Waals surface area (Å²) in [5.74, 6) is 0. The first-order valence-electron chi connectivity index (χ1n) is 7.64. The number of hydrogen-bond acceptors (Lipinski definition) is 3. The smallest absolute Gasteiger partial charge is 0.0502 e. The number of nitrogens with one attached hydrogen (secondary N) is 1. The number of rotatable bonds is 8. The van der Waals surface area contributed by atoms with Gasteiger partial charge in [-0.05, 0) is 43.1 Å². The molecule has 0 aliphatic rings. The average Bonchev–Trinajstić information content (AvgIpc) is 3.00. The van der Waals surface area contributed by atoms with Crippen LogP contribution in [0.4, 0.5) is 0 Å². The first-order valence-corrected chi connectivity index (χ1v) is 8.46. The standard InChI is InChI=1S/C18H25NOS/c1-4-7-16(19-2)18-11-10-17(21-18)15-9-6-5-8-14(15)12-13-20-3/h5-6,8-11,16,19H,4,7,12-13H2,1-3H3. The van der Waals surface area contributed by atoms with Crippen LogP contribution in [-0.4, -0.2) is 20.8 Å². The minimum absolute atomic E-state index is 0.472. The molecule has 0 amide bonds. The van der Waals surface area contributed by atoms with E-state index >= 15 is 0 Å². The summed E-state index contributed by atoms with van der Waals surface area (Å²) in [6, 6.07) is 13.6. The van der Waals surface area contributed by atoms with Crippen molar-refractivity contribution in [3.63, 3.8) is 0 Å². The molecule has 0 aliphatic carbocycles. The van der Waals surface area contributed by atoms with Gasteiger partial charge in [0.05, 0.1) is 6.61 Å². The van der Waals surface area contributed by atoms with E-state index in [1.807, 2.05) is 18.4 Å². The van der Waals surface area contributed by atoms with Crippen molar-refractivity contribution in [3.8, 4) is 10.4 Å². The van der Waals surface area contributed by atoms with E-state index in [2.05, 4.69) is 48.6 Å². The largest absolute Gasteiger partial charge is 0.384 e. The van der Waals surface area contributed by atoms with Gasteiger partial charge in [0.2, 0.25) is 0 Å². The Hall–Kier alpha value is -1.16. The molecular formula is C18H25NOS. The van der Waals surface area contributed by atoms with Crippen molar-refractivity contribution in [2.45, 2.75) is 32.2 Å². The zero-order valence-corrected chi connectivity index (χ0v) is 14.0. The molecule has 114 valence electrons. The number of ether oxygens (including phenoxy) is 1. The summed E-state index contributed by atoms with van der Waals surface area (Å²) in [4.78, 5) is 2.78. The molecule has 1 heterocycles. The van der Waals surface area contributed by atoms with Crippen LogP contribution in [0.15, 0.2) is 36.4 Å². The number of hydrogen-bond donors (Lipinski definition) is 1. The molecule has 1 N–H and O–H groups in total. The normalized spacial score (nSPS) is 12.5. The van der Waals surface area contributed by atoms with Crippen molar-refractivity contribution < 1.29 is 4.74 Å². The lowest BCUT2D eigenvalue weighted by molar-refractivity contribution is 0.202. The van der Waals surface area contributed by atoms with Crippen molar-refractivity contribution in [1.29, 1.82) is 0 Å². The first-order chi connectivity index (χ1) is 10.3. The number of methoxy groups -OCH3 is 1. The lowest BCUT2D eigenvalue weighted by Crippen LogP contribution is -2.14. The summed E-state index contributed by atoms with van der Waals surface area (Å²) in [5.41, 5.74) is 2.71. The second-order valence-electron chi connectivity index (χ2n) is 5.23. The van der Waals surface area contributed by atoms with Crippen molar-refractivity contribution in [3.05, 3.63) is 46.8 Å². The van der Waals surface area contributed by atoms with Crippen molar-refractivity contribution in [2.24, 2.45) is 0 Å². The average molecular weight is 303 g/mol.